The van der Waals surface area contributed by atoms with Crippen LogP contribution >= 0.6 is 0 Å². The topological polar surface area (TPSA) is 55.8 Å². The van der Waals surface area contributed by atoms with Crippen LogP contribution in [0.3, 0.4) is 0 Å². The quantitative estimate of drug-likeness (QED) is 0.515. The molecule has 2 aliphatic heterocycles. The highest BCUT2D eigenvalue weighted by molar-refractivity contribution is 5.71. The number of hydrogen-bond donors (Lipinski definition) is 1. The molecule has 2 aliphatic rings. The van der Waals surface area contributed by atoms with E-state index in [0.717, 1.165) is 0 Å². The molecule has 2 rings (SSSR count). The maximum absolute atomic E-state index is 10.9. The first kappa shape index (κ1) is 9.68. The van der Waals surface area contributed by atoms with Gasteiger partial charge in [0.15, 0.2) is 0 Å². The number of carbonyl (C=O) groups is 1. The summed E-state index contributed by atoms with van der Waals surface area (Å²) in [7, 11) is 0. The number of aliphatic hydroxyl groups is 1. The van der Waals surface area contributed by atoms with Gasteiger partial charge < -0.3 is 14.6 Å². The van der Waals surface area contributed by atoms with Crippen molar-refractivity contribution in [2.45, 2.75) is 44.2 Å². The summed E-state index contributed by atoms with van der Waals surface area (Å²) in [6.07, 6.45) is 3.73. The lowest BCUT2D eigenvalue weighted by atomic mass is 10.1. The summed E-state index contributed by atoms with van der Waals surface area (Å²) < 4.78 is 10.6. The zero-order valence-corrected chi connectivity index (χ0v) is 8.05. The zero-order chi connectivity index (χ0) is 10.1. The Morgan fingerprint density at radius 2 is 2.36 bits per heavy atom. The van der Waals surface area contributed by atoms with E-state index in [1.807, 2.05) is 12.2 Å². The molecule has 0 radical (unpaired) electrons. The minimum absolute atomic E-state index is 0.160. The second kappa shape index (κ2) is 3.71. The molecule has 0 saturated carbocycles. The highest BCUT2D eigenvalue weighted by Gasteiger charge is 2.35. The monoisotopic (exact) mass is 198 g/mol. The van der Waals surface area contributed by atoms with Crippen molar-refractivity contribution in [1.82, 2.24) is 0 Å². The van der Waals surface area contributed by atoms with Crippen LogP contribution in [0.4, 0.5) is 0 Å². The van der Waals surface area contributed by atoms with Gasteiger partial charge in [0.05, 0.1) is 6.10 Å². The predicted molar refractivity (Wildman–Crippen MR) is 48.6 cm³/mol. The molecule has 1 saturated heterocycles. The van der Waals surface area contributed by atoms with E-state index in [9.17, 15) is 9.90 Å². The molecule has 2 unspecified atom stereocenters. The van der Waals surface area contributed by atoms with Gasteiger partial charge in [0.1, 0.15) is 18.3 Å². The minimum atomic E-state index is -0.520. The molecule has 4 nitrogen and oxygen atoms in total. The van der Waals surface area contributed by atoms with Gasteiger partial charge in [0, 0.05) is 6.42 Å². The van der Waals surface area contributed by atoms with Crippen LogP contribution in [0, 0.1) is 0 Å². The highest BCUT2D eigenvalue weighted by atomic mass is 16.6. The summed E-state index contributed by atoms with van der Waals surface area (Å²) in [4.78, 5) is 10.9. The third-order valence-electron chi connectivity index (χ3n) is 2.56. The summed E-state index contributed by atoms with van der Waals surface area (Å²) in [6.45, 7) is 1.68. The normalized spacial score (nSPS) is 38.7. The first-order valence-corrected chi connectivity index (χ1v) is 4.88. The summed E-state index contributed by atoms with van der Waals surface area (Å²) in [6, 6.07) is 0. The molecule has 2 heterocycles. The van der Waals surface area contributed by atoms with E-state index in [1.165, 1.54) is 0 Å². The fraction of sp³-hybridized carbons (Fsp3) is 0.700. The van der Waals surface area contributed by atoms with Gasteiger partial charge in [-0.2, -0.15) is 0 Å². The van der Waals surface area contributed by atoms with Crippen molar-refractivity contribution in [3.63, 3.8) is 0 Å². The predicted octanol–water partition coefficient (Wildman–Crippen LogP) is 0.396. The average molecular weight is 198 g/mol. The number of esters is 1. The molecule has 0 aromatic carbocycles. The van der Waals surface area contributed by atoms with E-state index in [1.54, 1.807) is 6.92 Å². The van der Waals surface area contributed by atoms with Crippen molar-refractivity contribution in [3.8, 4) is 0 Å². The van der Waals surface area contributed by atoms with Gasteiger partial charge in [-0.1, -0.05) is 12.2 Å². The van der Waals surface area contributed by atoms with E-state index in [2.05, 4.69) is 0 Å². The van der Waals surface area contributed by atoms with Crippen LogP contribution in [0.5, 0.6) is 0 Å². The van der Waals surface area contributed by atoms with Crippen LogP contribution in [0.2, 0.25) is 0 Å². The number of hydrogen-bond acceptors (Lipinski definition) is 4. The summed E-state index contributed by atoms with van der Waals surface area (Å²) in [5, 5.41) is 9.28. The van der Waals surface area contributed by atoms with Crippen molar-refractivity contribution >= 4 is 5.97 Å². The van der Waals surface area contributed by atoms with Gasteiger partial charge in [-0.15, -0.1) is 0 Å². The van der Waals surface area contributed by atoms with Gasteiger partial charge >= 0.3 is 5.97 Å². The van der Waals surface area contributed by atoms with E-state index in [-0.39, 0.29) is 24.3 Å². The van der Waals surface area contributed by atoms with Gasteiger partial charge in [-0.05, 0) is 13.3 Å². The van der Waals surface area contributed by atoms with Crippen LogP contribution in [0.15, 0.2) is 12.2 Å². The first-order chi connectivity index (χ1) is 6.66. The molecular formula is C10H14O4. The molecule has 0 aliphatic carbocycles. The summed E-state index contributed by atoms with van der Waals surface area (Å²) >= 11 is 0. The second-order valence-corrected chi connectivity index (χ2v) is 3.76. The van der Waals surface area contributed by atoms with Crippen LogP contribution in [0.25, 0.3) is 0 Å². The molecule has 1 N–H and O–H groups in total. The molecule has 0 amide bonds. The molecule has 78 valence electrons. The standard InChI is InChI=1S/C10H14O4/c1-6(11)7-2-3-8(13-7)9-4-5-10(12)14-9/h2-3,6-9,11H,4-5H2,1H3/t6?,7?,8-,9+/m1/s1. The van der Waals surface area contributed by atoms with Crippen LogP contribution in [-0.4, -0.2) is 35.5 Å². The molecule has 0 bridgehead atoms. The Morgan fingerprint density at radius 1 is 1.57 bits per heavy atom. The van der Waals surface area contributed by atoms with Crippen LogP contribution in [0.1, 0.15) is 19.8 Å². The van der Waals surface area contributed by atoms with Gasteiger partial charge in [-0.3, -0.25) is 4.79 Å². The molecule has 0 spiro atoms. The van der Waals surface area contributed by atoms with E-state index >= 15 is 0 Å². The highest BCUT2D eigenvalue weighted by Crippen LogP contribution is 2.25. The SMILES string of the molecule is CC(O)C1C=C[C@H]([C@@H]2CCC(=O)O2)O1. The van der Waals surface area contributed by atoms with Crippen LogP contribution in [-0.2, 0) is 14.3 Å². The molecule has 1 fully saturated rings. The fourth-order valence-electron chi connectivity index (χ4n) is 1.76. The largest absolute Gasteiger partial charge is 0.459 e. The van der Waals surface area contributed by atoms with Crippen molar-refractivity contribution < 1.29 is 19.4 Å². The Kier molecular flexibility index (Phi) is 2.56. The fourth-order valence-corrected chi connectivity index (χ4v) is 1.76. The van der Waals surface area contributed by atoms with Crippen molar-refractivity contribution in [2.24, 2.45) is 0 Å². The molecule has 0 aromatic heterocycles. The second-order valence-electron chi connectivity index (χ2n) is 3.76. The van der Waals surface area contributed by atoms with Crippen molar-refractivity contribution in [2.75, 3.05) is 0 Å². The molecular weight excluding hydrogens is 184 g/mol. The Balaban J connectivity index is 1.90. The Bertz CT molecular complexity index is 259. The third-order valence-corrected chi connectivity index (χ3v) is 2.56. The van der Waals surface area contributed by atoms with Crippen molar-refractivity contribution in [1.29, 1.82) is 0 Å². The summed E-state index contributed by atoms with van der Waals surface area (Å²) in [5.74, 6) is -0.160. The lowest BCUT2D eigenvalue weighted by Gasteiger charge is -2.19. The Morgan fingerprint density at radius 3 is 2.86 bits per heavy atom. The smallest absolute Gasteiger partial charge is 0.306 e. The first-order valence-electron chi connectivity index (χ1n) is 4.88. The maximum atomic E-state index is 10.9. The Labute approximate surface area is 82.5 Å². The van der Waals surface area contributed by atoms with Gasteiger partial charge in [-0.25, -0.2) is 0 Å². The number of carbonyl (C=O) groups excluding carboxylic acids is 1. The lowest BCUT2D eigenvalue weighted by molar-refractivity contribution is -0.146. The van der Waals surface area contributed by atoms with Crippen LogP contribution < -0.4 is 0 Å². The van der Waals surface area contributed by atoms with E-state index in [0.29, 0.717) is 12.8 Å². The van der Waals surface area contributed by atoms with E-state index < -0.39 is 6.10 Å². The summed E-state index contributed by atoms with van der Waals surface area (Å²) in [5.41, 5.74) is 0. The number of rotatable bonds is 2. The molecule has 4 heteroatoms. The van der Waals surface area contributed by atoms with Crippen molar-refractivity contribution in [3.05, 3.63) is 12.2 Å². The third kappa shape index (κ3) is 1.81. The number of cyclic esters (lactones) is 1. The zero-order valence-electron chi connectivity index (χ0n) is 8.05. The van der Waals surface area contributed by atoms with Gasteiger partial charge in [0.2, 0.25) is 0 Å². The average Bonchev–Trinajstić information content (AvgIpc) is 2.70. The molecule has 0 aromatic rings. The maximum Gasteiger partial charge on any atom is 0.306 e. The molecule has 14 heavy (non-hydrogen) atoms. The van der Waals surface area contributed by atoms with E-state index in [4.69, 9.17) is 9.47 Å². The Hall–Kier alpha value is -0.870. The number of ether oxygens (including phenoxy) is 2. The minimum Gasteiger partial charge on any atom is -0.459 e. The number of aliphatic hydroxyl groups excluding tert-OH is 1. The lowest BCUT2D eigenvalue weighted by Crippen LogP contribution is -2.30. The van der Waals surface area contributed by atoms with Gasteiger partial charge in [0.25, 0.3) is 0 Å². The molecule has 4 atom stereocenters.